The van der Waals surface area contributed by atoms with E-state index in [-0.39, 0.29) is 57.6 Å². The van der Waals surface area contributed by atoms with E-state index in [0.717, 1.165) is 16.8 Å². The van der Waals surface area contributed by atoms with Crippen molar-refractivity contribution in [3.05, 3.63) is 90.0 Å². The molecular formula is C36H42N2O7. The van der Waals surface area contributed by atoms with Crippen molar-refractivity contribution in [3.63, 3.8) is 0 Å². The van der Waals surface area contributed by atoms with E-state index in [9.17, 15) is 19.2 Å². The number of anilines is 1. The van der Waals surface area contributed by atoms with Crippen molar-refractivity contribution in [2.45, 2.75) is 51.9 Å². The van der Waals surface area contributed by atoms with Gasteiger partial charge in [-0.15, -0.1) is 0 Å². The molecule has 0 heterocycles. The largest absolute Gasteiger partial charge is 0.466 e. The predicted molar refractivity (Wildman–Crippen MR) is 172 cm³/mol. The number of ether oxygens (including phenoxy) is 3. The Hall–Kier alpha value is -4.66. The van der Waals surface area contributed by atoms with E-state index >= 15 is 0 Å². The number of benzene rings is 3. The molecule has 1 aliphatic carbocycles. The lowest BCUT2D eigenvalue weighted by Gasteiger charge is -2.24. The predicted octanol–water partition coefficient (Wildman–Crippen LogP) is 6.35. The highest BCUT2D eigenvalue weighted by atomic mass is 16.6. The molecule has 3 aromatic carbocycles. The first kappa shape index (κ1) is 33.2. The SMILES string of the molecule is CCOC(=O)CCN(CC(=O)OCC)C(=O)CCCCCN(C(=O)OCC1c2ccccc2-c2ccccc21)c1ccccc1. The molecule has 45 heavy (non-hydrogen) atoms. The zero-order valence-corrected chi connectivity index (χ0v) is 26.1. The van der Waals surface area contributed by atoms with Crippen LogP contribution in [0.25, 0.3) is 11.1 Å². The van der Waals surface area contributed by atoms with Crippen LogP contribution in [0.1, 0.15) is 63.0 Å². The molecule has 0 atom stereocenters. The Kier molecular flexibility index (Phi) is 12.5. The Morgan fingerprint density at radius 3 is 1.89 bits per heavy atom. The maximum Gasteiger partial charge on any atom is 0.414 e. The number of para-hydroxylation sites is 1. The third-order valence-electron chi connectivity index (χ3n) is 7.77. The van der Waals surface area contributed by atoms with E-state index in [1.165, 1.54) is 16.0 Å². The van der Waals surface area contributed by atoms with Gasteiger partial charge in [-0.05, 0) is 61.1 Å². The second-order valence-electron chi connectivity index (χ2n) is 10.8. The van der Waals surface area contributed by atoms with Crippen LogP contribution in [-0.4, -0.2) is 68.3 Å². The lowest BCUT2D eigenvalue weighted by atomic mass is 9.98. The summed E-state index contributed by atoms with van der Waals surface area (Å²) in [6, 6.07) is 25.9. The van der Waals surface area contributed by atoms with Gasteiger partial charge in [0.05, 0.1) is 19.6 Å². The van der Waals surface area contributed by atoms with Crippen LogP contribution in [0.2, 0.25) is 0 Å². The average Bonchev–Trinajstić information content (AvgIpc) is 3.37. The van der Waals surface area contributed by atoms with Gasteiger partial charge in [-0.3, -0.25) is 19.3 Å². The zero-order chi connectivity index (χ0) is 32.0. The molecule has 0 saturated heterocycles. The van der Waals surface area contributed by atoms with Gasteiger partial charge < -0.3 is 19.1 Å². The summed E-state index contributed by atoms with van der Waals surface area (Å²) in [5.41, 5.74) is 5.39. The van der Waals surface area contributed by atoms with Crippen LogP contribution >= 0.6 is 0 Å². The number of carbonyl (C=O) groups is 4. The summed E-state index contributed by atoms with van der Waals surface area (Å²) in [5.74, 6) is -1.21. The second-order valence-corrected chi connectivity index (χ2v) is 10.8. The Labute approximate surface area is 265 Å². The van der Waals surface area contributed by atoms with Crippen molar-refractivity contribution in [3.8, 4) is 11.1 Å². The van der Waals surface area contributed by atoms with E-state index in [1.807, 2.05) is 54.6 Å². The molecular weight excluding hydrogens is 572 g/mol. The van der Waals surface area contributed by atoms with Crippen molar-refractivity contribution in [2.75, 3.05) is 44.4 Å². The maximum absolute atomic E-state index is 13.5. The van der Waals surface area contributed by atoms with E-state index in [0.29, 0.717) is 25.8 Å². The molecule has 0 radical (unpaired) electrons. The number of carbonyl (C=O) groups excluding carboxylic acids is 4. The summed E-state index contributed by atoms with van der Waals surface area (Å²) in [4.78, 5) is 53.3. The van der Waals surface area contributed by atoms with Crippen molar-refractivity contribution in [1.82, 2.24) is 4.90 Å². The first-order valence-corrected chi connectivity index (χ1v) is 15.7. The minimum absolute atomic E-state index is 0.00512. The summed E-state index contributed by atoms with van der Waals surface area (Å²) in [7, 11) is 0. The molecule has 0 bridgehead atoms. The number of unbranched alkanes of at least 4 members (excludes halogenated alkanes) is 2. The number of hydrogen-bond donors (Lipinski definition) is 0. The highest BCUT2D eigenvalue weighted by molar-refractivity contribution is 5.88. The number of rotatable bonds is 16. The first-order valence-electron chi connectivity index (χ1n) is 15.7. The molecule has 9 heteroatoms. The normalized spacial score (nSPS) is 11.7. The van der Waals surface area contributed by atoms with E-state index < -0.39 is 18.0 Å². The summed E-state index contributed by atoms with van der Waals surface area (Å²) in [5, 5.41) is 0. The topological polar surface area (TPSA) is 102 Å². The van der Waals surface area contributed by atoms with Crippen molar-refractivity contribution in [1.29, 1.82) is 0 Å². The van der Waals surface area contributed by atoms with Crippen LogP contribution in [-0.2, 0) is 28.6 Å². The van der Waals surface area contributed by atoms with Gasteiger partial charge in [-0.1, -0.05) is 73.2 Å². The van der Waals surface area contributed by atoms with E-state index in [1.54, 1.807) is 18.7 Å². The highest BCUT2D eigenvalue weighted by Crippen LogP contribution is 2.44. The van der Waals surface area contributed by atoms with Gasteiger partial charge >= 0.3 is 18.0 Å². The van der Waals surface area contributed by atoms with Gasteiger partial charge in [0.1, 0.15) is 13.2 Å². The Bertz CT molecular complexity index is 1400. The monoisotopic (exact) mass is 614 g/mol. The lowest BCUT2D eigenvalue weighted by Crippen LogP contribution is -2.38. The van der Waals surface area contributed by atoms with Gasteiger partial charge in [0.15, 0.2) is 0 Å². The standard InChI is InChI=1S/C36H42N2O7/c1-3-43-34(40)22-24-37(25-35(41)44-4-2)33(39)21-9-6-14-23-38(27-15-7-5-8-16-27)36(42)45-26-32-30-19-12-10-17-28(30)29-18-11-13-20-31(29)32/h5,7-8,10-13,15-20,32H,3-4,6,9,14,21-26H2,1-2H3. The maximum atomic E-state index is 13.5. The fourth-order valence-corrected chi connectivity index (χ4v) is 5.60. The highest BCUT2D eigenvalue weighted by Gasteiger charge is 2.30. The van der Waals surface area contributed by atoms with Crippen molar-refractivity contribution >= 4 is 29.6 Å². The average molecular weight is 615 g/mol. The van der Waals surface area contributed by atoms with Crippen LogP contribution in [0.4, 0.5) is 10.5 Å². The van der Waals surface area contributed by atoms with Crippen LogP contribution in [0.3, 0.4) is 0 Å². The number of esters is 2. The Balaban J connectivity index is 1.32. The number of amides is 2. The van der Waals surface area contributed by atoms with Gasteiger partial charge in [-0.2, -0.15) is 0 Å². The van der Waals surface area contributed by atoms with Gasteiger partial charge in [0, 0.05) is 31.1 Å². The Morgan fingerprint density at radius 2 is 1.24 bits per heavy atom. The number of fused-ring (bicyclic) bond motifs is 3. The zero-order valence-electron chi connectivity index (χ0n) is 26.1. The molecule has 1 aliphatic rings. The molecule has 0 spiro atoms. The lowest BCUT2D eigenvalue weighted by molar-refractivity contribution is -0.150. The minimum atomic E-state index is -0.517. The molecule has 3 aromatic rings. The second kappa shape index (κ2) is 17.0. The third-order valence-corrected chi connectivity index (χ3v) is 7.77. The quantitative estimate of drug-likeness (QED) is 0.105. The van der Waals surface area contributed by atoms with Gasteiger partial charge in [0.2, 0.25) is 5.91 Å². The number of hydrogen-bond acceptors (Lipinski definition) is 7. The Morgan fingerprint density at radius 1 is 0.644 bits per heavy atom. The minimum Gasteiger partial charge on any atom is -0.466 e. The number of nitrogens with zero attached hydrogens (tertiary/aromatic N) is 2. The molecule has 0 fully saturated rings. The van der Waals surface area contributed by atoms with Crippen molar-refractivity contribution in [2.24, 2.45) is 0 Å². The molecule has 9 nitrogen and oxygen atoms in total. The van der Waals surface area contributed by atoms with E-state index in [4.69, 9.17) is 14.2 Å². The molecule has 0 saturated carbocycles. The summed E-state index contributed by atoms with van der Waals surface area (Å²) < 4.78 is 15.9. The van der Waals surface area contributed by atoms with Gasteiger partial charge in [0.25, 0.3) is 0 Å². The molecule has 2 amide bonds. The van der Waals surface area contributed by atoms with Crippen LogP contribution in [0, 0.1) is 0 Å². The summed E-state index contributed by atoms with van der Waals surface area (Å²) in [6.45, 7) is 4.39. The van der Waals surface area contributed by atoms with E-state index in [2.05, 4.69) is 24.3 Å². The van der Waals surface area contributed by atoms with Crippen LogP contribution in [0.5, 0.6) is 0 Å². The van der Waals surface area contributed by atoms with Crippen molar-refractivity contribution < 1.29 is 33.4 Å². The third kappa shape index (κ3) is 9.17. The molecule has 4 rings (SSSR count). The van der Waals surface area contributed by atoms with Crippen LogP contribution < -0.4 is 4.90 Å². The smallest absolute Gasteiger partial charge is 0.414 e. The first-order chi connectivity index (χ1) is 21.9. The summed E-state index contributed by atoms with van der Waals surface area (Å²) >= 11 is 0. The molecule has 0 N–H and O–H groups in total. The molecule has 238 valence electrons. The summed E-state index contributed by atoms with van der Waals surface area (Å²) in [6.07, 6.45) is 1.68. The molecule has 0 aliphatic heterocycles. The fraction of sp³-hybridized carbons (Fsp3) is 0.389. The fourth-order valence-electron chi connectivity index (χ4n) is 5.60. The van der Waals surface area contributed by atoms with Gasteiger partial charge in [-0.25, -0.2) is 4.79 Å². The molecule has 0 unspecified atom stereocenters. The molecule has 0 aromatic heterocycles. The van der Waals surface area contributed by atoms with Crippen LogP contribution in [0.15, 0.2) is 78.9 Å².